The predicted octanol–water partition coefficient (Wildman–Crippen LogP) is 2.00. The molecule has 1 rings (SSSR count). The first-order chi connectivity index (χ1) is 8.95. The van der Waals surface area contributed by atoms with E-state index >= 15 is 0 Å². The van der Waals surface area contributed by atoms with Crippen LogP contribution in [0.15, 0.2) is 18.2 Å². The molecule has 0 radical (unpaired) electrons. The molecule has 0 bridgehead atoms. The van der Waals surface area contributed by atoms with Crippen molar-refractivity contribution in [3.63, 3.8) is 0 Å². The van der Waals surface area contributed by atoms with Crippen LogP contribution in [0, 0.1) is 27.3 Å². The van der Waals surface area contributed by atoms with Gasteiger partial charge in [-0.25, -0.2) is 4.39 Å². The van der Waals surface area contributed by atoms with E-state index in [0.29, 0.717) is 0 Å². The van der Waals surface area contributed by atoms with Gasteiger partial charge in [-0.05, 0) is 19.9 Å². The summed E-state index contributed by atoms with van der Waals surface area (Å²) in [6.07, 6.45) is 0. The average Bonchev–Trinajstić information content (AvgIpc) is 2.34. The van der Waals surface area contributed by atoms with E-state index in [-0.39, 0.29) is 12.6 Å². The molecule has 1 aromatic rings. The molecular formula is C12H14FN3O3. The highest BCUT2D eigenvalue weighted by molar-refractivity contribution is 5.46. The molecule has 0 aliphatic rings. The average molecular weight is 267 g/mol. The molecule has 0 amide bonds. The number of halogens is 1. The van der Waals surface area contributed by atoms with Gasteiger partial charge in [0.25, 0.3) is 0 Å². The monoisotopic (exact) mass is 267 g/mol. The molecular weight excluding hydrogens is 253 g/mol. The van der Waals surface area contributed by atoms with Gasteiger partial charge in [-0.2, -0.15) is 5.26 Å². The largest absolute Gasteiger partial charge is 0.482 e. The Bertz CT molecular complexity index is 499. The zero-order valence-corrected chi connectivity index (χ0v) is 10.6. The number of nitriles is 1. The first-order valence-corrected chi connectivity index (χ1v) is 5.67. The number of nitro benzene ring substituents is 1. The Hall–Kier alpha value is -2.20. The molecule has 1 atom stereocenters. The van der Waals surface area contributed by atoms with Crippen LogP contribution >= 0.6 is 0 Å². The van der Waals surface area contributed by atoms with Gasteiger partial charge in [0.2, 0.25) is 5.75 Å². The highest BCUT2D eigenvalue weighted by Crippen LogP contribution is 2.29. The van der Waals surface area contributed by atoms with Gasteiger partial charge in [-0.3, -0.25) is 15.4 Å². The number of nitrogens with zero attached hydrogens (tertiary/aromatic N) is 2. The third-order valence-electron chi connectivity index (χ3n) is 2.23. The molecule has 6 nitrogen and oxygen atoms in total. The van der Waals surface area contributed by atoms with Crippen LogP contribution in [0.25, 0.3) is 0 Å². The number of ether oxygens (including phenoxy) is 1. The molecule has 102 valence electrons. The SMILES string of the molecule is CC(C)NC(C#N)COc1c(F)cccc1[N+](=O)[O-]. The van der Waals surface area contributed by atoms with E-state index in [1.54, 1.807) is 0 Å². The standard InChI is InChI=1S/C12H14FN3O3/c1-8(2)15-9(6-14)7-19-12-10(13)4-3-5-11(12)16(17)18/h3-5,8-9,15H,7H2,1-2H3. The van der Waals surface area contributed by atoms with E-state index in [2.05, 4.69) is 5.32 Å². The molecule has 0 saturated carbocycles. The van der Waals surface area contributed by atoms with Crippen molar-refractivity contribution in [2.24, 2.45) is 0 Å². The third-order valence-corrected chi connectivity index (χ3v) is 2.23. The number of hydrogen-bond acceptors (Lipinski definition) is 5. The van der Waals surface area contributed by atoms with Gasteiger partial charge < -0.3 is 4.74 Å². The van der Waals surface area contributed by atoms with Crippen LogP contribution < -0.4 is 10.1 Å². The fourth-order valence-electron chi connectivity index (χ4n) is 1.48. The van der Waals surface area contributed by atoms with E-state index in [1.807, 2.05) is 19.9 Å². The van der Waals surface area contributed by atoms with Crippen molar-refractivity contribution in [3.05, 3.63) is 34.1 Å². The van der Waals surface area contributed by atoms with E-state index < -0.39 is 28.2 Å². The number of rotatable bonds is 6. The first kappa shape index (κ1) is 14.9. The number of hydrogen-bond donors (Lipinski definition) is 1. The summed E-state index contributed by atoms with van der Waals surface area (Å²) in [5.41, 5.74) is -0.457. The van der Waals surface area contributed by atoms with Crippen molar-refractivity contribution < 1.29 is 14.1 Å². The smallest absolute Gasteiger partial charge is 0.314 e. The normalized spacial score (nSPS) is 11.9. The summed E-state index contributed by atoms with van der Waals surface area (Å²) in [5, 5.41) is 22.5. The summed E-state index contributed by atoms with van der Waals surface area (Å²) in [7, 11) is 0. The number of para-hydroxylation sites is 1. The Kier molecular flexibility index (Phi) is 5.21. The Morgan fingerprint density at radius 1 is 1.58 bits per heavy atom. The zero-order valence-electron chi connectivity index (χ0n) is 10.6. The van der Waals surface area contributed by atoms with Gasteiger partial charge in [0.05, 0.1) is 11.0 Å². The molecule has 0 aliphatic heterocycles. The maximum Gasteiger partial charge on any atom is 0.314 e. The van der Waals surface area contributed by atoms with Gasteiger partial charge in [-0.15, -0.1) is 0 Å². The summed E-state index contributed by atoms with van der Waals surface area (Å²) in [4.78, 5) is 10.0. The Labute approximate surface area is 109 Å². The van der Waals surface area contributed by atoms with Crippen molar-refractivity contribution in [2.75, 3.05) is 6.61 Å². The summed E-state index contributed by atoms with van der Waals surface area (Å²) >= 11 is 0. The van der Waals surface area contributed by atoms with Crippen LogP contribution in [0.1, 0.15) is 13.8 Å². The highest BCUT2D eigenvalue weighted by Gasteiger charge is 2.21. The van der Waals surface area contributed by atoms with Crippen molar-refractivity contribution >= 4 is 5.69 Å². The molecule has 0 spiro atoms. The molecule has 7 heteroatoms. The van der Waals surface area contributed by atoms with Crippen molar-refractivity contribution in [1.29, 1.82) is 5.26 Å². The number of nitro groups is 1. The van der Waals surface area contributed by atoms with Crippen LogP contribution in [-0.2, 0) is 0 Å². The molecule has 0 aromatic heterocycles. The quantitative estimate of drug-likeness (QED) is 0.629. The lowest BCUT2D eigenvalue weighted by atomic mass is 10.2. The lowest BCUT2D eigenvalue weighted by Crippen LogP contribution is -2.38. The summed E-state index contributed by atoms with van der Waals surface area (Å²) in [6, 6.07) is 4.77. The minimum Gasteiger partial charge on any atom is -0.482 e. The van der Waals surface area contributed by atoms with Crippen molar-refractivity contribution in [2.45, 2.75) is 25.9 Å². The molecule has 1 N–H and O–H groups in total. The summed E-state index contributed by atoms with van der Waals surface area (Å²) < 4.78 is 18.6. The lowest BCUT2D eigenvalue weighted by molar-refractivity contribution is -0.386. The third kappa shape index (κ3) is 4.19. The fourth-order valence-corrected chi connectivity index (χ4v) is 1.48. The van der Waals surface area contributed by atoms with E-state index in [0.717, 1.165) is 12.1 Å². The topological polar surface area (TPSA) is 88.2 Å². The molecule has 19 heavy (non-hydrogen) atoms. The number of nitrogens with one attached hydrogen (secondary N) is 1. The van der Waals surface area contributed by atoms with Gasteiger partial charge in [0.1, 0.15) is 12.6 Å². The van der Waals surface area contributed by atoms with Gasteiger partial charge in [-0.1, -0.05) is 6.07 Å². The minimum atomic E-state index is -0.824. The van der Waals surface area contributed by atoms with Crippen LogP contribution in [0.5, 0.6) is 5.75 Å². The Morgan fingerprint density at radius 3 is 2.79 bits per heavy atom. The number of benzene rings is 1. The molecule has 0 saturated heterocycles. The van der Waals surface area contributed by atoms with E-state index in [4.69, 9.17) is 10.00 Å². The zero-order chi connectivity index (χ0) is 14.4. The van der Waals surface area contributed by atoms with Crippen LogP contribution in [-0.4, -0.2) is 23.6 Å². The fraction of sp³-hybridized carbons (Fsp3) is 0.417. The first-order valence-electron chi connectivity index (χ1n) is 5.67. The summed E-state index contributed by atoms with van der Waals surface area (Å²) in [5.74, 6) is -1.27. The highest BCUT2D eigenvalue weighted by atomic mass is 19.1. The molecule has 0 fully saturated rings. The maximum absolute atomic E-state index is 13.5. The molecule has 0 aliphatic carbocycles. The summed E-state index contributed by atoms with van der Waals surface area (Å²) in [6.45, 7) is 3.52. The van der Waals surface area contributed by atoms with Gasteiger partial charge >= 0.3 is 5.69 Å². The van der Waals surface area contributed by atoms with Crippen LogP contribution in [0.2, 0.25) is 0 Å². The Morgan fingerprint density at radius 2 is 2.26 bits per heavy atom. The minimum absolute atomic E-state index is 0.0452. The molecule has 1 unspecified atom stereocenters. The van der Waals surface area contributed by atoms with Crippen LogP contribution in [0.3, 0.4) is 0 Å². The molecule has 0 heterocycles. The van der Waals surface area contributed by atoms with E-state index in [1.165, 1.54) is 6.07 Å². The van der Waals surface area contributed by atoms with Crippen molar-refractivity contribution in [3.8, 4) is 11.8 Å². The van der Waals surface area contributed by atoms with E-state index in [9.17, 15) is 14.5 Å². The lowest BCUT2D eigenvalue weighted by Gasteiger charge is -2.15. The van der Waals surface area contributed by atoms with Crippen LogP contribution in [0.4, 0.5) is 10.1 Å². The maximum atomic E-state index is 13.5. The Balaban J connectivity index is 2.82. The second-order valence-electron chi connectivity index (χ2n) is 4.16. The predicted molar refractivity (Wildman–Crippen MR) is 66.2 cm³/mol. The second kappa shape index (κ2) is 6.66. The van der Waals surface area contributed by atoms with Gasteiger partial charge in [0.15, 0.2) is 5.82 Å². The second-order valence-corrected chi connectivity index (χ2v) is 4.16. The van der Waals surface area contributed by atoms with Gasteiger partial charge in [0, 0.05) is 12.1 Å². The molecule has 1 aromatic carbocycles. The van der Waals surface area contributed by atoms with Crippen molar-refractivity contribution in [1.82, 2.24) is 5.32 Å².